The van der Waals surface area contributed by atoms with Gasteiger partial charge >= 0.3 is 5.97 Å². The first-order valence-corrected chi connectivity index (χ1v) is 5.21. The van der Waals surface area contributed by atoms with Crippen molar-refractivity contribution in [3.63, 3.8) is 0 Å². The van der Waals surface area contributed by atoms with Crippen molar-refractivity contribution in [3.8, 4) is 0 Å². The van der Waals surface area contributed by atoms with Gasteiger partial charge in [-0.15, -0.1) is 0 Å². The minimum Gasteiger partial charge on any atom is -0.465 e. The smallest absolute Gasteiger partial charge is 0.316 e. The highest BCUT2D eigenvalue weighted by atomic mass is 16.5. The lowest BCUT2D eigenvalue weighted by Crippen LogP contribution is -2.43. The van der Waals surface area contributed by atoms with Gasteiger partial charge in [0.25, 0.3) is 0 Å². The molecule has 15 heavy (non-hydrogen) atoms. The van der Waals surface area contributed by atoms with Gasteiger partial charge in [-0.25, -0.2) is 0 Å². The van der Waals surface area contributed by atoms with Gasteiger partial charge in [0, 0.05) is 5.92 Å². The van der Waals surface area contributed by atoms with Crippen molar-refractivity contribution < 1.29 is 19.1 Å². The molecule has 3 atom stereocenters. The standard InChI is InChI=1S/C11H16O4/c1-4-15-11(14)10-7(3)6(2)8(12)5-9(10)13/h6-7,10H,4-5H2,1-3H3. The van der Waals surface area contributed by atoms with Crippen LogP contribution in [0, 0.1) is 17.8 Å². The Morgan fingerprint density at radius 2 is 1.93 bits per heavy atom. The minimum absolute atomic E-state index is 0.0759. The predicted octanol–water partition coefficient (Wildman–Crippen LogP) is 0.980. The highest BCUT2D eigenvalue weighted by Crippen LogP contribution is 2.30. The third kappa shape index (κ3) is 2.25. The van der Waals surface area contributed by atoms with E-state index in [4.69, 9.17) is 4.74 Å². The van der Waals surface area contributed by atoms with Gasteiger partial charge in [-0.2, -0.15) is 0 Å². The third-order valence-electron chi connectivity index (χ3n) is 3.06. The Hall–Kier alpha value is -1.19. The molecule has 4 heteroatoms. The molecule has 0 amide bonds. The quantitative estimate of drug-likeness (QED) is 0.505. The highest BCUT2D eigenvalue weighted by molar-refractivity contribution is 6.11. The molecule has 3 unspecified atom stereocenters. The molecule has 0 aromatic heterocycles. The van der Waals surface area contributed by atoms with Gasteiger partial charge < -0.3 is 4.74 Å². The minimum atomic E-state index is -0.752. The number of Topliss-reactive ketones (excluding diaryl/α,β-unsaturated/α-hetero) is 2. The van der Waals surface area contributed by atoms with Crippen molar-refractivity contribution >= 4 is 17.5 Å². The summed E-state index contributed by atoms with van der Waals surface area (Å²) in [5.41, 5.74) is 0. The van der Waals surface area contributed by atoms with Gasteiger partial charge in [0.15, 0.2) is 5.78 Å². The Labute approximate surface area is 89.0 Å². The van der Waals surface area contributed by atoms with Crippen molar-refractivity contribution in [2.45, 2.75) is 27.2 Å². The van der Waals surface area contributed by atoms with Gasteiger partial charge in [0.05, 0.1) is 13.0 Å². The number of hydrogen-bond acceptors (Lipinski definition) is 4. The van der Waals surface area contributed by atoms with E-state index in [9.17, 15) is 14.4 Å². The number of ketones is 2. The maximum Gasteiger partial charge on any atom is 0.316 e. The van der Waals surface area contributed by atoms with E-state index in [1.165, 1.54) is 0 Å². The molecule has 1 fully saturated rings. The van der Waals surface area contributed by atoms with E-state index < -0.39 is 11.9 Å². The molecule has 0 saturated heterocycles. The number of ether oxygens (including phenoxy) is 1. The van der Waals surface area contributed by atoms with Gasteiger partial charge in [0.2, 0.25) is 0 Å². The summed E-state index contributed by atoms with van der Waals surface area (Å²) in [6.45, 7) is 5.47. The average Bonchev–Trinajstić information content (AvgIpc) is 2.15. The molecule has 0 N–H and O–H groups in total. The van der Waals surface area contributed by atoms with Crippen molar-refractivity contribution in [2.24, 2.45) is 17.8 Å². The molecule has 1 rings (SSSR count). The topological polar surface area (TPSA) is 60.4 Å². The zero-order valence-electron chi connectivity index (χ0n) is 9.28. The van der Waals surface area contributed by atoms with Crippen LogP contribution in [0.3, 0.4) is 0 Å². The second-order valence-electron chi connectivity index (χ2n) is 3.99. The summed E-state index contributed by atoms with van der Waals surface area (Å²) in [6, 6.07) is 0. The first kappa shape index (κ1) is 11.9. The maximum absolute atomic E-state index is 11.6. The molecule has 84 valence electrons. The van der Waals surface area contributed by atoms with Crippen LogP contribution in [0.25, 0.3) is 0 Å². The number of hydrogen-bond donors (Lipinski definition) is 0. The second kappa shape index (κ2) is 4.55. The number of esters is 1. The molecular formula is C11H16O4. The first-order chi connectivity index (χ1) is 6.99. The van der Waals surface area contributed by atoms with Crippen molar-refractivity contribution in [2.75, 3.05) is 6.61 Å². The fourth-order valence-electron chi connectivity index (χ4n) is 1.90. The van der Waals surface area contributed by atoms with Gasteiger partial charge in [-0.1, -0.05) is 13.8 Å². The second-order valence-corrected chi connectivity index (χ2v) is 3.99. The molecule has 0 radical (unpaired) electrons. The van der Waals surface area contributed by atoms with E-state index >= 15 is 0 Å². The van der Waals surface area contributed by atoms with Crippen LogP contribution in [0.2, 0.25) is 0 Å². The molecule has 0 aromatic carbocycles. The summed E-state index contributed by atoms with van der Waals surface area (Å²) >= 11 is 0. The molecule has 4 nitrogen and oxygen atoms in total. The lowest BCUT2D eigenvalue weighted by Gasteiger charge is -2.30. The SMILES string of the molecule is CCOC(=O)C1C(=O)CC(=O)C(C)C1C. The van der Waals surface area contributed by atoms with Crippen LogP contribution in [0.1, 0.15) is 27.2 Å². The Kier molecular flexibility index (Phi) is 3.61. The molecular weight excluding hydrogens is 196 g/mol. The fourth-order valence-corrected chi connectivity index (χ4v) is 1.90. The summed E-state index contributed by atoms with van der Waals surface area (Å²) in [6.07, 6.45) is -0.130. The molecule has 0 heterocycles. The van der Waals surface area contributed by atoms with Crippen molar-refractivity contribution in [1.29, 1.82) is 0 Å². The average molecular weight is 212 g/mol. The monoisotopic (exact) mass is 212 g/mol. The lowest BCUT2D eigenvalue weighted by molar-refractivity contribution is -0.157. The van der Waals surface area contributed by atoms with E-state index in [-0.39, 0.29) is 36.4 Å². The van der Waals surface area contributed by atoms with Crippen LogP contribution in [-0.4, -0.2) is 24.1 Å². The Bertz CT molecular complexity index is 295. The first-order valence-electron chi connectivity index (χ1n) is 5.21. The Morgan fingerprint density at radius 1 is 1.33 bits per heavy atom. The number of carbonyl (C=O) groups excluding carboxylic acids is 3. The van der Waals surface area contributed by atoms with E-state index in [1.807, 2.05) is 0 Å². The Morgan fingerprint density at radius 3 is 2.47 bits per heavy atom. The van der Waals surface area contributed by atoms with Gasteiger partial charge in [-0.3, -0.25) is 14.4 Å². The summed E-state index contributed by atoms with van der Waals surface area (Å²) in [5.74, 6) is -2.11. The lowest BCUT2D eigenvalue weighted by atomic mass is 9.72. The molecule has 0 bridgehead atoms. The van der Waals surface area contributed by atoms with Crippen LogP contribution < -0.4 is 0 Å². The summed E-state index contributed by atoms with van der Waals surface area (Å²) in [4.78, 5) is 34.4. The number of carbonyl (C=O) groups is 3. The molecule has 1 aliphatic rings. The zero-order valence-corrected chi connectivity index (χ0v) is 9.28. The van der Waals surface area contributed by atoms with Crippen LogP contribution >= 0.6 is 0 Å². The van der Waals surface area contributed by atoms with Crippen molar-refractivity contribution in [3.05, 3.63) is 0 Å². The Balaban J connectivity index is 2.83. The van der Waals surface area contributed by atoms with Gasteiger partial charge in [0.1, 0.15) is 11.7 Å². The largest absolute Gasteiger partial charge is 0.465 e. The molecule has 1 saturated carbocycles. The van der Waals surface area contributed by atoms with Crippen LogP contribution in [-0.2, 0) is 19.1 Å². The fraction of sp³-hybridized carbons (Fsp3) is 0.727. The van der Waals surface area contributed by atoms with Crippen LogP contribution in [0.4, 0.5) is 0 Å². The van der Waals surface area contributed by atoms with Crippen LogP contribution in [0.15, 0.2) is 0 Å². The normalized spacial score (nSPS) is 31.5. The highest BCUT2D eigenvalue weighted by Gasteiger charge is 2.43. The van der Waals surface area contributed by atoms with E-state index in [2.05, 4.69) is 0 Å². The zero-order chi connectivity index (χ0) is 11.6. The summed E-state index contributed by atoms with van der Waals surface area (Å²) in [5, 5.41) is 0. The molecule has 0 spiro atoms. The van der Waals surface area contributed by atoms with Crippen molar-refractivity contribution in [1.82, 2.24) is 0 Å². The predicted molar refractivity (Wildman–Crippen MR) is 53.1 cm³/mol. The van der Waals surface area contributed by atoms with E-state index in [0.29, 0.717) is 0 Å². The maximum atomic E-state index is 11.6. The summed E-state index contributed by atoms with van der Waals surface area (Å²) in [7, 11) is 0. The molecule has 0 aliphatic heterocycles. The summed E-state index contributed by atoms with van der Waals surface area (Å²) < 4.78 is 4.83. The van der Waals surface area contributed by atoms with E-state index in [1.54, 1.807) is 20.8 Å². The van der Waals surface area contributed by atoms with Crippen LogP contribution in [0.5, 0.6) is 0 Å². The third-order valence-corrected chi connectivity index (χ3v) is 3.06. The molecule has 1 aliphatic carbocycles. The van der Waals surface area contributed by atoms with Gasteiger partial charge in [-0.05, 0) is 12.8 Å². The number of rotatable bonds is 2. The molecule has 0 aromatic rings. The van der Waals surface area contributed by atoms with E-state index in [0.717, 1.165) is 0 Å².